The summed E-state index contributed by atoms with van der Waals surface area (Å²) in [5, 5.41) is 10.6. The predicted molar refractivity (Wildman–Crippen MR) is 377 cm³/mol. The number of unbranched alkanes of at least 4 members (excludes halogenated alkanes) is 39. The van der Waals surface area contributed by atoms with Gasteiger partial charge in [-0.25, -0.2) is 9.13 Å². The molecule has 0 aliphatic carbocycles. The maximum atomic E-state index is 13.1. The van der Waals surface area contributed by atoms with Crippen molar-refractivity contribution < 1.29 is 80.2 Å². The van der Waals surface area contributed by atoms with E-state index in [2.05, 4.69) is 48.5 Å². The molecule has 93 heavy (non-hydrogen) atoms. The second-order valence-electron chi connectivity index (χ2n) is 27.9. The maximum Gasteiger partial charge on any atom is 0.472 e. The first-order valence-electron chi connectivity index (χ1n) is 38.4. The minimum atomic E-state index is -4.96. The Kier molecular flexibility index (Phi) is 63.4. The summed E-state index contributed by atoms with van der Waals surface area (Å²) in [7, 11) is -9.91. The van der Waals surface area contributed by atoms with E-state index in [9.17, 15) is 43.2 Å². The van der Waals surface area contributed by atoms with Gasteiger partial charge in [-0.3, -0.25) is 37.3 Å². The quantitative estimate of drug-likeness (QED) is 0.0222. The van der Waals surface area contributed by atoms with Gasteiger partial charge in [0.15, 0.2) is 12.2 Å². The van der Waals surface area contributed by atoms with Crippen LogP contribution in [0.15, 0.2) is 0 Å². The van der Waals surface area contributed by atoms with E-state index in [4.69, 9.17) is 37.0 Å². The Morgan fingerprint density at radius 3 is 0.817 bits per heavy atom. The lowest BCUT2D eigenvalue weighted by atomic mass is 9.99. The molecule has 0 saturated carbocycles. The Morgan fingerprint density at radius 1 is 0.312 bits per heavy atom. The highest BCUT2D eigenvalue weighted by Gasteiger charge is 2.30. The highest BCUT2D eigenvalue weighted by atomic mass is 31.2. The van der Waals surface area contributed by atoms with Crippen molar-refractivity contribution in [2.24, 2.45) is 17.8 Å². The molecule has 0 heterocycles. The van der Waals surface area contributed by atoms with Gasteiger partial charge in [0.25, 0.3) is 0 Å². The van der Waals surface area contributed by atoms with E-state index in [1.165, 1.54) is 180 Å². The van der Waals surface area contributed by atoms with Crippen molar-refractivity contribution in [3.8, 4) is 0 Å². The summed E-state index contributed by atoms with van der Waals surface area (Å²) in [6, 6.07) is 0. The number of carbonyl (C=O) groups is 4. The number of rotatable bonds is 72. The minimum Gasteiger partial charge on any atom is -0.462 e. The van der Waals surface area contributed by atoms with Crippen LogP contribution < -0.4 is 0 Å². The predicted octanol–water partition coefficient (Wildman–Crippen LogP) is 21.4. The summed E-state index contributed by atoms with van der Waals surface area (Å²) in [6.07, 6.45) is 50.0. The second-order valence-corrected chi connectivity index (χ2v) is 30.8. The third-order valence-electron chi connectivity index (χ3n) is 17.5. The third-order valence-corrected chi connectivity index (χ3v) is 19.4. The van der Waals surface area contributed by atoms with Crippen LogP contribution in [-0.4, -0.2) is 96.7 Å². The molecule has 6 atom stereocenters. The molecule has 0 saturated heterocycles. The fraction of sp³-hybridized carbons (Fsp3) is 0.946. The van der Waals surface area contributed by atoms with E-state index >= 15 is 0 Å². The molecule has 0 radical (unpaired) electrons. The normalized spacial score (nSPS) is 14.4. The molecule has 0 aromatic heterocycles. The van der Waals surface area contributed by atoms with Gasteiger partial charge in [0, 0.05) is 25.7 Å². The van der Waals surface area contributed by atoms with Gasteiger partial charge in [-0.2, -0.15) is 0 Å². The monoisotopic (exact) mass is 1370 g/mol. The Labute approximate surface area is 568 Å². The molecule has 0 rings (SSSR count). The van der Waals surface area contributed by atoms with E-state index < -0.39 is 97.5 Å². The Morgan fingerprint density at radius 2 is 0.548 bits per heavy atom. The molecule has 0 amide bonds. The van der Waals surface area contributed by atoms with Crippen LogP contribution in [0.25, 0.3) is 0 Å². The minimum absolute atomic E-state index is 0.106. The molecule has 0 fully saturated rings. The topological polar surface area (TPSA) is 237 Å². The molecule has 0 aliphatic rings. The van der Waals surface area contributed by atoms with E-state index in [-0.39, 0.29) is 25.7 Å². The molecule has 17 nitrogen and oxygen atoms in total. The molecule has 3 unspecified atom stereocenters. The second kappa shape index (κ2) is 64.7. The SMILES string of the molecule is CCCCCCCCCCCCCC(=O)O[C@H](COC(=O)CCCCCCCCC(C)C)COP(=O)(O)OC[C@H](O)COP(=O)(O)OC[C@@H](COC(=O)CCCCCCCCCCCCCCC(C)C)OC(=O)CCCCCCCCCCCCCCCCC(C)CC. The highest BCUT2D eigenvalue weighted by Crippen LogP contribution is 2.45. The van der Waals surface area contributed by atoms with Gasteiger partial charge in [0.2, 0.25) is 0 Å². The Bertz CT molecular complexity index is 1820. The number of carbonyl (C=O) groups excluding carboxylic acids is 4. The average Bonchev–Trinajstić information content (AvgIpc) is 3.55. The van der Waals surface area contributed by atoms with Crippen molar-refractivity contribution in [2.75, 3.05) is 39.6 Å². The first-order valence-corrected chi connectivity index (χ1v) is 41.4. The van der Waals surface area contributed by atoms with Crippen molar-refractivity contribution in [3.05, 3.63) is 0 Å². The summed E-state index contributed by atoms with van der Waals surface area (Å²) >= 11 is 0. The fourth-order valence-corrected chi connectivity index (χ4v) is 12.8. The lowest BCUT2D eigenvalue weighted by molar-refractivity contribution is -0.161. The van der Waals surface area contributed by atoms with Crippen molar-refractivity contribution in [1.82, 2.24) is 0 Å². The summed E-state index contributed by atoms with van der Waals surface area (Å²) in [4.78, 5) is 72.7. The summed E-state index contributed by atoms with van der Waals surface area (Å²) in [5.41, 5.74) is 0. The number of ether oxygens (including phenoxy) is 4. The standard InChI is InChI=1S/C74H144O17P2/c1-8-10-11-12-13-14-21-29-34-43-50-57-73(78)91-70(62-85-72(77)56-49-42-37-36-39-46-53-66(5)6)64-89-93(82,83)87-60-68(75)59-86-92(80,81)88-63-69(61-84-71(76)55-48-41-33-28-24-20-19-22-26-31-38-45-52-65(3)4)90-74(79)58-51-44-35-30-25-18-16-15-17-23-27-32-40-47-54-67(7)9-2/h65-70,75H,8-64H2,1-7H3,(H,80,81)(H,82,83)/t67?,68-,69-,70-/m1/s1. The molecule has 0 aromatic rings. The molecule has 3 N–H and O–H groups in total. The van der Waals surface area contributed by atoms with Gasteiger partial charge < -0.3 is 33.8 Å². The van der Waals surface area contributed by atoms with Gasteiger partial charge in [-0.1, -0.05) is 325 Å². The zero-order chi connectivity index (χ0) is 68.7. The van der Waals surface area contributed by atoms with Gasteiger partial charge in [0.1, 0.15) is 19.3 Å². The highest BCUT2D eigenvalue weighted by molar-refractivity contribution is 7.47. The Hall–Kier alpha value is -1.94. The van der Waals surface area contributed by atoms with Crippen molar-refractivity contribution in [1.29, 1.82) is 0 Å². The lowest BCUT2D eigenvalue weighted by Crippen LogP contribution is -2.30. The number of hydrogen-bond donors (Lipinski definition) is 3. The number of phosphoric ester groups is 2. The van der Waals surface area contributed by atoms with Gasteiger partial charge >= 0.3 is 39.5 Å². The number of hydrogen-bond acceptors (Lipinski definition) is 15. The fourth-order valence-electron chi connectivity index (χ4n) is 11.2. The van der Waals surface area contributed by atoms with Gasteiger partial charge in [-0.05, 0) is 43.4 Å². The number of aliphatic hydroxyl groups excluding tert-OH is 1. The zero-order valence-electron chi connectivity index (χ0n) is 60.7. The molecule has 19 heteroatoms. The number of aliphatic hydroxyl groups is 1. The van der Waals surface area contributed by atoms with Crippen molar-refractivity contribution in [3.63, 3.8) is 0 Å². The van der Waals surface area contributed by atoms with Crippen LogP contribution in [0.1, 0.15) is 376 Å². The van der Waals surface area contributed by atoms with Crippen LogP contribution in [0.4, 0.5) is 0 Å². The van der Waals surface area contributed by atoms with E-state index in [0.29, 0.717) is 31.6 Å². The molecular formula is C74H144O17P2. The zero-order valence-corrected chi connectivity index (χ0v) is 62.5. The van der Waals surface area contributed by atoms with Crippen LogP contribution in [0.5, 0.6) is 0 Å². The molecule has 0 spiro atoms. The first kappa shape index (κ1) is 91.1. The maximum absolute atomic E-state index is 13.1. The van der Waals surface area contributed by atoms with Crippen LogP contribution in [0, 0.1) is 17.8 Å². The van der Waals surface area contributed by atoms with Gasteiger partial charge in [-0.15, -0.1) is 0 Å². The summed E-state index contributed by atoms with van der Waals surface area (Å²) < 4.78 is 68.4. The summed E-state index contributed by atoms with van der Waals surface area (Å²) in [5.74, 6) is 0.186. The molecular weight excluding hydrogens is 1220 g/mol. The van der Waals surface area contributed by atoms with Crippen molar-refractivity contribution in [2.45, 2.75) is 394 Å². The lowest BCUT2D eigenvalue weighted by Gasteiger charge is -2.21. The van der Waals surface area contributed by atoms with Crippen LogP contribution in [-0.2, 0) is 65.4 Å². The van der Waals surface area contributed by atoms with Crippen molar-refractivity contribution >= 4 is 39.5 Å². The first-order chi connectivity index (χ1) is 44.8. The molecule has 0 aromatic carbocycles. The third kappa shape index (κ3) is 67.0. The van der Waals surface area contributed by atoms with Crippen LogP contribution in [0.2, 0.25) is 0 Å². The Balaban J connectivity index is 5.23. The molecule has 552 valence electrons. The summed E-state index contributed by atoms with van der Waals surface area (Å²) in [6.45, 7) is 11.9. The van der Waals surface area contributed by atoms with E-state index in [1.54, 1.807) is 0 Å². The largest absolute Gasteiger partial charge is 0.472 e. The average molecular weight is 1370 g/mol. The van der Waals surface area contributed by atoms with E-state index in [1.807, 2.05) is 0 Å². The number of esters is 4. The van der Waals surface area contributed by atoms with Crippen LogP contribution in [0.3, 0.4) is 0 Å². The van der Waals surface area contributed by atoms with Gasteiger partial charge in [0.05, 0.1) is 26.4 Å². The van der Waals surface area contributed by atoms with Crippen LogP contribution >= 0.6 is 15.6 Å². The molecule has 0 aliphatic heterocycles. The molecule has 0 bridgehead atoms. The van der Waals surface area contributed by atoms with E-state index in [0.717, 1.165) is 108 Å². The smallest absolute Gasteiger partial charge is 0.462 e. The number of phosphoric acid groups is 2.